The Morgan fingerprint density at radius 2 is 1.88 bits per heavy atom. The van der Waals surface area contributed by atoms with E-state index >= 15 is 0 Å². The van der Waals surface area contributed by atoms with Crippen molar-refractivity contribution < 1.29 is 14.7 Å². The minimum atomic E-state index is -0.891. The van der Waals surface area contributed by atoms with Crippen molar-refractivity contribution in [2.24, 2.45) is 5.73 Å². The molecule has 0 spiro atoms. The molecule has 86 valence electrons. The zero-order chi connectivity index (χ0) is 12.0. The summed E-state index contributed by atoms with van der Waals surface area (Å²) in [5.41, 5.74) is 6.65. The van der Waals surface area contributed by atoms with E-state index in [1.54, 1.807) is 24.3 Å². The van der Waals surface area contributed by atoms with Crippen LogP contribution in [-0.2, 0) is 22.6 Å². The Morgan fingerprint density at radius 3 is 2.44 bits per heavy atom. The Bertz CT molecular complexity index is 391. The van der Waals surface area contributed by atoms with E-state index in [2.05, 4.69) is 5.32 Å². The third-order valence-electron chi connectivity index (χ3n) is 2.12. The molecular weight excluding hydrogens is 208 g/mol. The summed E-state index contributed by atoms with van der Waals surface area (Å²) in [6.07, 6.45) is -0.0470. The SMILES string of the molecule is NCC(=O)NCc1ccccc1CC(=O)O. The van der Waals surface area contributed by atoms with Crippen molar-refractivity contribution in [1.29, 1.82) is 0 Å². The van der Waals surface area contributed by atoms with Gasteiger partial charge in [-0.25, -0.2) is 0 Å². The third kappa shape index (κ3) is 3.70. The lowest BCUT2D eigenvalue weighted by Crippen LogP contribution is -2.30. The fraction of sp³-hybridized carbons (Fsp3) is 0.273. The van der Waals surface area contributed by atoms with Crippen molar-refractivity contribution in [3.63, 3.8) is 0 Å². The van der Waals surface area contributed by atoms with Gasteiger partial charge in [-0.15, -0.1) is 0 Å². The maximum atomic E-state index is 11.0. The maximum Gasteiger partial charge on any atom is 0.307 e. The molecular formula is C11H14N2O3. The minimum Gasteiger partial charge on any atom is -0.481 e. The lowest BCUT2D eigenvalue weighted by atomic mass is 10.0. The van der Waals surface area contributed by atoms with E-state index < -0.39 is 5.97 Å². The number of nitrogens with two attached hydrogens (primary N) is 1. The van der Waals surface area contributed by atoms with Gasteiger partial charge in [-0.2, -0.15) is 0 Å². The molecule has 1 aromatic rings. The highest BCUT2D eigenvalue weighted by atomic mass is 16.4. The monoisotopic (exact) mass is 222 g/mol. The molecule has 16 heavy (non-hydrogen) atoms. The van der Waals surface area contributed by atoms with E-state index in [1.165, 1.54) is 0 Å². The zero-order valence-corrected chi connectivity index (χ0v) is 8.77. The van der Waals surface area contributed by atoms with Crippen LogP contribution in [0.15, 0.2) is 24.3 Å². The summed E-state index contributed by atoms with van der Waals surface area (Å²) in [6.45, 7) is 0.237. The van der Waals surface area contributed by atoms with Gasteiger partial charge in [-0.1, -0.05) is 24.3 Å². The molecule has 0 aliphatic carbocycles. The molecule has 4 N–H and O–H groups in total. The number of benzene rings is 1. The summed E-state index contributed by atoms with van der Waals surface area (Å²) in [5, 5.41) is 11.3. The molecule has 0 aromatic heterocycles. The molecule has 0 fully saturated rings. The van der Waals surface area contributed by atoms with Crippen LogP contribution in [0.2, 0.25) is 0 Å². The van der Waals surface area contributed by atoms with Crippen LogP contribution in [0.25, 0.3) is 0 Å². The Morgan fingerprint density at radius 1 is 1.25 bits per heavy atom. The van der Waals surface area contributed by atoms with Gasteiger partial charge in [0.1, 0.15) is 0 Å². The average Bonchev–Trinajstić information content (AvgIpc) is 2.26. The third-order valence-corrected chi connectivity index (χ3v) is 2.12. The van der Waals surface area contributed by atoms with E-state index in [-0.39, 0.29) is 18.9 Å². The first-order valence-corrected chi connectivity index (χ1v) is 4.89. The number of nitrogens with one attached hydrogen (secondary N) is 1. The normalized spacial score (nSPS) is 9.81. The van der Waals surface area contributed by atoms with Crippen molar-refractivity contribution in [2.75, 3.05) is 6.54 Å². The van der Waals surface area contributed by atoms with Crippen LogP contribution >= 0.6 is 0 Å². The fourth-order valence-electron chi connectivity index (χ4n) is 1.33. The summed E-state index contributed by atoms with van der Waals surface area (Å²) in [6, 6.07) is 7.09. The number of carboxylic acids is 1. The Balaban J connectivity index is 2.70. The quantitative estimate of drug-likeness (QED) is 0.648. The molecule has 0 aliphatic heterocycles. The number of carboxylic acid groups (broad SMARTS) is 1. The number of amides is 1. The average molecular weight is 222 g/mol. The van der Waals surface area contributed by atoms with E-state index in [1.807, 2.05) is 0 Å². The first-order chi connectivity index (χ1) is 7.63. The second kappa shape index (κ2) is 5.87. The van der Waals surface area contributed by atoms with Crippen LogP contribution in [0, 0.1) is 0 Å². The smallest absolute Gasteiger partial charge is 0.307 e. The second-order valence-corrected chi connectivity index (χ2v) is 3.32. The summed E-state index contributed by atoms with van der Waals surface area (Å²) in [7, 11) is 0. The molecule has 0 saturated carbocycles. The molecule has 5 nitrogen and oxygen atoms in total. The van der Waals surface area contributed by atoms with Gasteiger partial charge in [0.25, 0.3) is 0 Å². The molecule has 0 unspecified atom stereocenters. The van der Waals surface area contributed by atoms with E-state index in [0.29, 0.717) is 12.1 Å². The summed E-state index contributed by atoms with van der Waals surface area (Å²) >= 11 is 0. The standard InChI is InChI=1S/C11H14N2O3/c12-6-10(14)13-7-9-4-2-1-3-8(9)5-11(15)16/h1-4H,5-7,12H2,(H,13,14)(H,15,16). The number of aliphatic carboxylic acids is 1. The molecule has 0 radical (unpaired) electrons. The van der Waals surface area contributed by atoms with Crippen LogP contribution in [0.4, 0.5) is 0 Å². The van der Waals surface area contributed by atoms with Crippen molar-refractivity contribution in [3.05, 3.63) is 35.4 Å². The number of carbonyl (C=O) groups is 2. The van der Waals surface area contributed by atoms with Gasteiger partial charge in [-0.05, 0) is 11.1 Å². The van der Waals surface area contributed by atoms with E-state index in [9.17, 15) is 9.59 Å². The lowest BCUT2D eigenvalue weighted by molar-refractivity contribution is -0.136. The second-order valence-electron chi connectivity index (χ2n) is 3.32. The van der Waals surface area contributed by atoms with Crippen molar-refractivity contribution in [1.82, 2.24) is 5.32 Å². The van der Waals surface area contributed by atoms with E-state index in [0.717, 1.165) is 5.56 Å². The Kier molecular flexibility index (Phi) is 4.47. The number of hydrogen-bond donors (Lipinski definition) is 3. The first kappa shape index (κ1) is 12.2. The van der Waals surface area contributed by atoms with Gasteiger partial charge in [0.15, 0.2) is 0 Å². The molecule has 0 heterocycles. The molecule has 0 bridgehead atoms. The highest BCUT2D eigenvalue weighted by molar-refractivity contribution is 5.77. The number of rotatable bonds is 5. The molecule has 0 aliphatic rings. The van der Waals surface area contributed by atoms with Gasteiger partial charge in [-0.3, -0.25) is 9.59 Å². The Hall–Kier alpha value is -1.88. The molecule has 1 aromatic carbocycles. The summed E-state index contributed by atoms with van der Waals surface area (Å²) < 4.78 is 0. The van der Waals surface area contributed by atoms with Crippen LogP contribution in [0.1, 0.15) is 11.1 Å². The van der Waals surface area contributed by atoms with Crippen molar-refractivity contribution >= 4 is 11.9 Å². The summed E-state index contributed by atoms with van der Waals surface area (Å²) in [4.78, 5) is 21.6. The van der Waals surface area contributed by atoms with Gasteiger partial charge in [0, 0.05) is 6.54 Å². The maximum absolute atomic E-state index is 11.0. The van der Waals surface area contributed by atoms with Gasteiger partial charge in [0.2, 0.25) is 5.91 Å². The van der Waals surface area contributed by atoms with Gasteiger partial charge < -0.3 is 16.2 Å². The molecule has 1 amide bonds. The predicted molar refractivity (Wildman–Crippen MR) is 58.7 cm³/mol. The molecule has 1 rings (SSSR count). The van der Waals surface area contributed by atoms with Gasteiger partial charge >= 0.3 is 5.97 Å². The fourth-order valence-corrected chi connectivity index (χ4v) is 1.33. The largest absolute Gasteiger partial charge is 0.481 e. The highest BCUT2D eigenvalue weighted by Crippen LogP contribution is 2.09. The van der Waals surface area contributed by atoms with Crippen LogP contribution < -0.4 is 11.1 Å². The Labute approximate surface area is 93.3 Å². The first-order valence-electron chi connectivity index (χ1n) is 4.89. The zero-order valence-electron chi connectivity index (χ0n) is 8.77. The topological polar surface area (TPSA) is 92.4 Å². The predicted octanol–water partition coefficient (Wildman–Crippen LogP) is -0.111. The molecule has 5 heteroatoms. The van der Waals surface area contributed by atoms with Crippen LogP contribution in [0.5, 0.6) is 0 Å². The number of carbonyl (C=O) groups excluding carboxylic acids is 1. The van der Waals surface area contributed by atoms with Crippen LogP contribution in [0.3, 0.4) is 0 Å². The summed E-state index contributed by atoms with van der Waals surface area (Å²) in [5.74, 6) is -1.15. The molecule has 0 saturated heterocycles. The van der Waals surface area contributed by atoms with Crippen molar-refractivity contribution in [3.8, 4) is 0 Å². The van der Waals surface area contributed by atoms with Crippen molar-refractivity contribution in [2.45, 2.75) is 13.0 Å². The van der Waals surface area contributed by atoms with Gasteiger partial charge in [0.05, 0.1) is 13.0 Å². The molecule has 0 atom stereocenters. The lowest BCUT2D eigenvalue weighted by Gasteiger charge is -2.08. The van der Waals surface area contributed by atoms with E-state index in [4.69, 9.17) is 10.8 Å². The highest BCUT2D eigenvalue weighted by Gasteiger charge is 2.06. The minimum absolute atomic E-state index is 0.0470. The number of hydrogen-bond acceptors (Lipinski definition) is 3. The van der Waals surface area contributed by atoms with Crippen LogP contribution in [-0.4, -0.2) is 23.5 Å².